The largest absolute Gasteiger partial charge is 0.392 e. The zero-order valence-electron chi connectivity index (χ0n) is 9.96. The minimum Gasteiger partial charge on any atom is -0.392 e. The van der Waals surface area contributed by atoms with Crippen LogP contribution in [-0.2, 0) is 6.54 Å². The Balaban J connectivity index is 2.20. The van der Waals surface area contributed by atoms with Crippen molar-refractivity contribution in [1.82, 2.24) is 10.3 Å². The van der Waals surface area contributed by atoms with E-state index in [0.717, 1.165) is 11.4 Å². The Hall–Kier alpha value is -0.160. The second-order valence-corrected chi connectivity index (χ2v) is 6.85. The van der Waals surface area contributed by atoms with Gasteiger partial charge in [0, 0.05) is 13.1 Å². The van der Waals surface area contributed by atoms with E-state index in [1.807, 2.05) is 0 Å². The zero-order valence-corrected chi connectivity index (χ0v) is 11.5. The van der Waals surface area contributed by atoms with Crippen molar-refractivity contribution in [2.45, 2.75) is 39.8 Å². The van der Waals surface area contributed by atoms with E-state index >= 15 is 0 Å². The van der Waals surface area contributed by atoms with Gasteiger partial charge in [0.25, 0.3) is 0 Å². The van der Waals surface area contributed by atoms with Crippen LogP contribution in [-0.4, -0.2) is 22.7 Å². The van der Waals surface area contributed by atoms with E-state index in [1.165, 1.54) is 11.3 Å². The number of rotatable bonds is 5. The molecule has 16 heavy (non-hydrogen) atoms. The normalized spacial score (nSPS) is 14.1. The monoisotopic (exact) mass is 262 g/mol. The van der Waals surface area contributed by atoms with Crippen molar-refractivity contribution in [1.29, 1.82) is 0 Å². The van der Waals surface area contributed by atoms with Gasteiger partial charge >= 0.3 is 0 Å². The van der Waals surface area contributed by atoms with Gasteiger partial charge in [-0.15, -0.1) is 11.3 Å². The number of aliphatic hydroxyl groups excluding tert-OH is 1. The molecule has 1 rings (SSSR count). The van der Waals surface area contributed by atoms with Crippen LogP contribution in [0.4, 0.5) is 0 Å². The van der Waals surface area contributed by atoms with Gasteiger partial charge in [0.2, 0.25) is 0 Å². The van der Waals surface area contributed by atoms with Gasteiger partial charge in [0.05, 0.1) is 12.3 Å². The summed E-state index contributed by atoms with van der Waals surface area (Å²) in [6.07, 6.45) is 2.13. The predicted molar refractivity (Wildman–Crippen MR) is 68.9 cm³/mol. The van der Waals surface area contributed by atoms with Crippen molar-refractivity contribution in [3.05, 3.63) is 15.5 Å². The van der Waals surface area contributed by atoms with Gasteiger partial charge in [-0.3, -0.25) is 0 Å². The van der Waals surface area contributed by atoms with Gasteiger partial charge < -0.3 is 10.4 Å². The summed E-state index contributed by atoms with van der Waals surface area (Å²) in [4.78, 5) is 4.13. The van der Waals surface area contributed by atoms with E-state index in [2.05, 4.69) is 31.1 Å². The number of hydrogen-bond acceptors (Lipinski definition) is 4. The molecule has 0 aliphatic carbocycles. The highest BCUT2D eigenvalue weighted by molar-refractivity contribution is 7.15. The fraction of sp³-hybridized carbons (Fsp3) is 0.727. The number of nitrogens with one attached hydrogen (secondary N) is 1. The van der Waals surface area contributed by atoms with Gasteiger partial charge in [-0.1, -0.05) is 32.4 Å². The van der Waals surface area contributed by atoms with Crippen LogP contribution in [0.1, 0.15) is 32.2 Å². The van der Waals surface area contributed by atoms with E-state index in [1.54, 1.807) is 6.20 Å². The first-order valence-corrected chi connectivity index (χ1v) is 6.55. The smallest absolute Gasteiger partial charge is 0.113 e. The third kappa shape index (κ3) is 5.80. The maximum absolute atomic E-state index is 9.76. The second kappa shape index (κ2) is 5.96. The summed E-state index contributed by atoms with van der Waals surface area (Å²) < 4.78 is 0.701. The molecule has 0 bridgehead atoms. The average Bonchev–Trinajstić information content (AvgIpc) is 2.48. The van der Waals surface area contributed by atoms with Gasteiger partial charge in [0.15, 0.2) is 0 Å². The van der Waals surface area contributed by atoms with Gasteiger partial charge in [-0.2, -0.15) is 0 Å². The highest BCUT2D eigenvalue weighted by atomic mass is 35.5. The number of nitrogens with zero attached hydrogens (tertiary/aromatic N) is 1. The van der Waals surface area contributed by atoms with E-state index in [0.29, 0.717) is 17.4 Å². The Labute approximate surface area is 106 Å². The first kappa shape index (κ1) is 13.9. The molecule has 92 valence electrons. The van der Waals surface area contributed by atoms with Crippen molar-refractivity contribution in [2.75, 3.05) is 6.54 Å². The molecular formula is C11H19ClN2OS. The molecule has 0 aliphatic rings. The third-order valence-corrected chi connectivity index (χ3v) is 3.14. The molecule has 0 spiro atoms. The van der Waals surface area contributed by atoms with Crippen LogP contribution in [0.3, 0.4) is 0 Å². The Kier molecular flexibility index (Phi) is 5.18. The summed E-state index contributed by atoms with van der Waals surface area (Å²) in [6, 6.07) is 0. The van der Waals surface area contributed by atoms with E-state index in [-0.39, 0.29) is 11.5 Å². The number of hydrogen-bond donors (Lipinski definition) is 2. The fourth-order valence-corrected chi connectivity index (χ4v) is 2.42. The predicted octanol–water partition coefficient (Wildman–Crippen LogP) is 2.68. The highest BCUT2D eigenvalue weighted by Crippen LogP contribution is 2.20. The highest BCUT2D eigenvalue weighted by Gasteiger charge is 2.16. The Bertz CT molecular complexity index is 322. The molecule has 1 unspecified atom stereocenters. The quantitative estimate of drug-likeness (QED) is 0.858. The topological polar surface area (TPSA) is 45.1 Å². The number of thiazole rings is 1. The van der Waals surface area contributed by atoms with Crippen molar-refractivity contribution >= 4 is 22.9 Å². The maximum Gasteiger partial charge on any atom is 0.113 e. The molecule has 0 aliphatic heterocycles. The SMILES string of the molecule is CC(C)(C)CC(O)CNCc1ncc(Cl)s1. The van der Waals surface area contributed by atoms with Gasteiger partial charge in [-0.05, 0) is 11.8 Å². The molecule has 1 aromatic heterocycles. The Morgan fingerprint density at radius 1 is 1.56 bits per heavy atom. The summed E-state index contributed by atoms with van der Waals surface area (Å²) in [5.41, 5.74) is 0.158. The summed E-state index contributed by atoms with van der Waals surface area (Å²) in [5.74, 6) is 0. The molecule has 5 heteroatoms. The lowest BCUT2D eigenvalue weighted by Gasteiger charge is -2.22. The summed E-state index contributed by atoms with van der Waals surface area (Å²) in [6.45, 7) is 7.62. The first-order valence-electron chi connectivity index (χ1n) is 5.36. The van der Waals surface area contributed by atoms with E-state index in [9.17, 15) is 5.11 Å². The molecule has 0 fully saturated rings. The van der Waals surface area contributed by atoms with Gasteiger partial charge in [-0.25, -0.2) is 4.98 Å². The molecule has 0 aromatic carbocycles. The van der Waals surface area contributed by atoms with Crippen LogP contribution in [0.15, 0.2) is 6.20 Å². The van der Waals surface area contributed by atoms with Crippen LogP contribution >= 0.6 is 22.9 Å². The third-order valence-electron chi connectivity index (χ3n) is 2.03. The van der Waals surface area contributed by atoms with E-state index < -0.39 is 0 Å². The fourth-order valence-electron chi connectivity index (χ4n) is 1.49. The minimum atomic E-state index is -0.310. The molecule has 0 radical (unpaired) electrons. The number of aromatic nitrogens is 1. The lowest BCUT2D eigenvalue weighted by Crippen LogP contribution is -2.29. The molecular weight excluding hydrogens is 244 g/mol. The van der Waals surface area contributed by atoms with Crippen molar-refractivity contribution in [3.63, 3.8) is 0 Å². The van der Waals surface area contributed by atoms with Gasteiger partial charge in [0.1, 0.15) is 9.34 Å². The van der Waals surface area contributed by atoms with E-state index in [4.69, 9.17) is 11.6 Å². The number of halogens is 1. The Morgan fingerprint density at radius 3 is 2.75 bits per heavy atom. The van der Waals surface area contributed by atoms with Crippen LogP contribution in [0.2, 0.25) is 4.34 Å². The summed E-state index contributed by atoms with van der Waals surface area (Å²) in [5, 5.41) is 13.9. The Morgan fingerprint density at radius 2 is 2.25 bits per heavy atom. The molecule has 3 nitrogen and oxygen atoms in total. The molecule has 1 atom stereocenters. The molecule has 2 N–H and O–H groups in total. The lowest BCUT2D eigenvalue weighted by atomic mass is 9.89. The summed E-state index contributed by atoms with van der Waals surface area (Å²) in [7, 11) is 0. The molecule has 0 saturated heterocycles. The molecule has 1 aromatic rings. The number of aliphatic hydroxyl groups is 1. The minimum absolute atomic E-state index is 0.158. The summed E-state index contributed by atoms with van der Waals surface area (Å²) >= 11 is 7.23. The average molecular weight is 263 g/mol. The van der Waals surface area contributed by atoms with Crippen LogP contribution < -0.4 is 5.32 Å². The second-order valence-electron chi connectivity index (χ2n) is 5.11. The zero-order chi connectivity index (χ0) is 12.2. The lowest BCUT2D eigenvalue weighted by molar-refractivity contribution is 0.119. The van der Waals surface area contributed by atoms with Crippen LogP contribution in [0.5, 0.6) is 0 Å². The van der Waals surface area contributed by atoms with Crippen LogP contribution in [0.25, 0.3) is 0 Å². The van der Waals surface area contributed by atoms with Crippen molar-refractivity contribution in [2.24, 2.45) is 5.41 Å². The van der Waals surface area contributed by atoms with Crippen molar-refractivity contribution < 1.29 is 5.11 Å². The standard InChI is InChI=1S/C11H19ClN2OS/c1-11(2,3)4-8(15)5-13-7-10-14-6-9(12)16-10/h6,8,13,15H,4-5,7H2,1-3H3. The van der Waals surface area contributed by atoms with Crippen LogP contribution in [0, 0.1) is 5.41 Å². The maximum atomic E-state index is 9.76. The first-order chi connectivity index (χ1) is 7.37. The molecule has 0 amide bonds. The van der Waals surface area contributed by atoms with Crippen molar-refractivity contribution in [3.8, 4) is 0 Å². The molecule has 1 heterocycles. The molecule has 0 saturated carbocycles.